The van der Waals surface area contributed by atoms with Crippen LogP contribution in [-0.4, -0.2) is 56.5 Å². The molecule has 2 aromatic heterocycles. The molecule has 0 amide bonds. The summed E-state index contributed by atoms with van der Waals surface area (Å²) in [5.41, 5.74) is 1.20. The summed E-state index contributed by atoms with van der Waals surface area (Å²) in [5.74, 6) is -2.80. The number of benzene rings is 1. The van der Waals surface area contributed by atoms with Crippen molar-refractivity contribution in [3.63, 3.8) is 0 Å². The van der Waals surface area contributed by atoms with Gasteiger partial charge in [-0.15, -0.1) is 11.3 Å². The maximum absolute atomic E-state index is 13.1. The van der Waals surface area contributed by atoms with E-state index in [1.54, 1.807) is 29.7 Å². The second-order valence-corrected chi connectivity index (χ2v) is 8.18. The quantitative estimate of drug-likeness (QED) is 0.424. The largest absolute Gasteiger partial charge is 0.473 e. The maximum atomic E-state index is 13.1. The van der Waals surface area contributed by atoms with Crippen LogP contribution in [0.5, 0.6) is 0 Å². The van der Waals surface area contributed by atoms with Crippen LogP contribution in [0.3, 0.4) is 0 Å². The van der Waals surface area contributed by atoms with Gasteiger partial charge in [0.15, 0.2) is 5.78 Å². The third-order valence-corrected chi connectivity index (χ3v) is 5.66. The number of halogens is 1. The minimum Gasteiger partial charge on any atom is -0.473 e. The van der Waals surface area contributed by atoms with Gasteiger partial charge in [0.2, 0.25) is 0 Å². The molecule has 0 unspecified atom stereocenters. The highest BCUT2D eigenvalue weighted by molar-refractivity contribution is 7.15. The number of hydrogen-bond donors (Lipinski definition) is 2. The van der Waals surface area contributed by atoms with Crippen molar-refractivity contribution in [1.29, 1.82) is 0 Å². The van der Waals surface area contributed by atoms with Crippen LogP contribution >= 0.6 is 22.9 Å². The van der Waals surface area contributed by atoms with E-state index in [9.17, 15) is 4.79 Å². The number of imidazole rings is 1. The van der Waals surface area contributed by atoms with E-state index < -0.39 is 11.9 Å². The molecule has 0 saturated carbocycles. The zero-order valence-corrected chi connectivity index (χ0v) is 18.8. The number of hydrogen-bond acceptors (Lipinski definition) is 6. The highest BCUT2D eigenvalue weighted by Gasteiger charge is 2.22. The summed E-state index contributed by atoms with van der Waals surface area (Å²) >= 11 is 7.87. The predicted octanol–water partition coefficient (Wildman–Crippen LogP) is 3.60. The number of carboxylic acid groups (broad SMARTS) is 2. The SMILES string of the molecule is CCc1cc(C(=O)c2ccccc2Cl)c(-n2ccnc2CN(C)C)s1.O=C(O)C(=O)O. The summed E-state index contributed by atoms with van der Waals surface area (Å²) < 4.78 is 2.01. The summed E-state index contributed by atoms with van der Waals surface area (Å²) in [6.07, 6.45) is 4.56. The van der Waals surface area contributed by atoms with Gasteiger partial charge >= 0.3 is 11.9 Å². The number of aliphatic carboxylic acids is 2. The molecule has 0 bridgehead atoms. The third kappa shape index (κ3) is 6.24. The van der Waals surface area contributed by atoms with Crippen molar-refractivity contribution < 1.29 is 24.6 Å². The van der Waals surface area contributed by atoms with Crippen LogP contribution in [-0.2, 0) is 22.6 Å². The van der Waals surface area contributed by atoms with E-state index in [0.29, 0.717) is 22.7 Å². The summed E-state index contributed by atoms with van der Waals surface area (Å²) in [6.45, 7) is 2.79. The van der Waals surface area contributed by atoms with Gasteiger partial charge in [0.25, 0.3) is 0 Å². The van der Waals surface area contributed by atoms with Gasteiger partial charge in [-0.1, -0.05) is 30.7 Å². The first-order valence-electron chi connectivity index (χ1n) is 9.21. The smallest absolute Gasteiger partial charge is 0.414 e. The lowest BCUT2D eigenvalue weighted by atomic mass is 10.0. The second kappa shape index (κ2) is 10.9. The van der Waals surface area contributed by atoms with Crippen molar-refractivity contribution in [3.05, 3.63) is 69.6 Å². The molecule has 0 spiro atoms. The van der Waals surface area contributed by atoms with E-state index in [1.807, 2.05) is 43.1 Å². The Labute approximate surface area is 188 Å². The number of nitrogens with zero attached hydrogens (tertiary/aromatic N) is 3. The molecule has 3 rings (SSSR count). The van der Waals surface area contributed by atoms with Gasteiger partial charge < -0.3 is 15.1 Å². The number of carbonyl (C=O) groups is 3. The molecule has 0 atom stereocenters. The van der Waals surface area contributed by atoms with E-state index in [4.69, 9.17) is 31.4 Å². The minimum absolute atomic E-state index is 0.0546. The molecule has 0 saturated heterocycles. The summed E-state index contributed by atoms with van der Waals surface area (Å²) in [5, 5.41) is 16.2. The first-order valence-corrected chi connectivity index (χ1v) is 10.4. The van der Waals surface area contributed by atoms with E-state index in [1.165, 1.54) is 0 Å². The molecule has 8 nitrogen and oxygen atoms in total. The van der Waals surface area contributed by atoms with Gasteiger partial charge in [-0.05, 0) is 38.7 Å². The Hall–Kier alpha value is -3.01. The van der Waals surface area contributed by atoms with E-state index >= 15 is 0 Å². The van der Waals surface area contributed by atoms with Crippen LogP contribution in [0.15, 0.2) is 42.7 Å². The van der Waals surface area contributed by atoms with Crippen LogP contribution in [0.1, 0.15) is 33.5 Å². The molecule has 1 aromatic carbocycles. The molecule has 2 N–H and O–H groups in total. The van der Waals surface area contributed by atoms with E-state index in [2.05, 4.69) is 16.8 Å². The number of carboxylic acids is 2. The van der Waals surface area contributed by atoms with Gasteiger partial charge in [-0.2, -0.15) is 0 Å². The van der Waals surface area contributed by atoms with Gasteiger partial charge in [-0.25, -0.2) is 14.6 Å². The molecule has 0 aliphatic heterocycles. The predicted molar refractivity (Wildman–Crippen MR) is 118 cm³/mol. The molecule has 164 valence electrons. The first-order chi connectivity index (χ1) is 14.6. The average Bonchev–Trinajstić information content (AvgIpc) is 3.34. The minimum atomic E-state index is -1.82. The van der Waals surface area contributed by atoms with Crippen molar-refractivity contribution >= 4 is 40.7 Å². The highest BCUT2D eigenvalue weighted by Crippen LogP contribution is 2.31. The van der Waals surface area contributed by atoms with Crippen LogP contribution in [0.4, 0.5) is 0 Å². The molecule has 0 aliphatic carbocycles. The monoisotopic (exact) mass is 463 g/mol. The molecule has 3 aromatic rings. The van der Waals surface area contributed by atoms with Crippen molar-refractivity contribution in [2.45, 2.75) is 19.9 Å². The van der Waals surface area contributed by atoms with Gasteiger partial charge in [-0.3, -0.25) is 9.36 Å². The lowest BCUT2D eigenvalue weighted by molar-refractivity contribution is -0.159. The van der Waals surface area contributed by atoms with Crippen molar-refractivity contribution in [2.24, 2.45) is 0 Å². The normalized spacial score (nSPS) is 10.5. The van der Waals surface area contributed by atoms with Crippen molar-refractivity contribution in [1.82, 2.24) is 14.5 Å². The number of ketones is 1. The molecular weight excluding hydrogens is 442 g/mol. The average molecular weight is 464 g/mol. The van der Waals surface area contributed by atoms with Gasteiger partial charge in [0.1, 0.15) is 10.8 Å². The zero-order chi connectivity index (χ0) is 23.1. The highest BCUT2D eigenvalue weighted by atomic mass is 35.5. The number of rotatable bonds is 6. The van der Waals surface area contributed by atoms with E-state index in [0.717, 1.165) is 22.1 Å². The Morgan fingerprint density at radius 1 is 1.13 bits per heavy atom. The van der Waals surface area contributed by atoms with Crippen molar-refractivity contribution in [3.8, 4) is 5.00 Å². The van der Waals surface area contributed by atoms with Gasteiger partial charge in [0.05, 0.1) is 17.1 Å². The zero-order valence-electron chi connectivity index (χ0n) is 17.2. The Bertz CT molecular complexity index is 1080. The van der Waals surface area contributed by atoms with Crippen molar-refractivity contribution in [2.75, 3.05) is 14.1 Å². The number of aromatic nitrogens is 2. The Morgan fingerprint density at radius 2 is 1.77 bits per heavy atom. The Morgan fingerprint density at radius 3 is 2.32 bits per heavy atom. The molecule has 2 heterocycles. The summed E-state index contributed by atoms with van der Waals surface area (Å²) in [7, 11) is 4.00. The fraction of sp³-hybridized carbons (Fsp3) is 0.238. The lowest BCUT2D eigenvalue weighted by Gasteiger charge is -2.12. The molecule has 0 aliphatic rings. The first kappa shape index (κ1) is 24.3. The number of thiophene rings is 1. The second-order valence-electron chi connectivity index (χ2n) is 6.66. The fourth-order valence-electron chi connectivity index (χ4n) is 2.66. The van der Waals surface area contributed by atoms with Gasteiger partial charge in [0, 0.05) is 22.8 Å². The van der Waals surface area contributed by atoms with Crippen LogP contribution < -0.4 is 0 Å². The van der Waals surface area contributed by atoms with Crippen LogP contribution in [0, 0.1) is 0 Å². The molecular formula is C21H22ClN3O5S. The molecule has 0 fully saturated rings. The third-order valence-electron chi connectivity index (χ3n) is 4.05. The van der Waals surface area contributed by atoms with E-state index in [-0.39, 0.29) is 5.78 Å². The molecule has 0 radical (unpaired) electrons. The molecule has 31 heavy (non-hydrogen) atoms. The Balaban J connectivity index is 0.000000501. The standard InChI is InChI=1S/C19H20ClN3OS.C2H2O4/c1-4-13-11-15(18(24)14-7-5-6-8-16(14)20)19(25-13)23-10-9-21-17(23)12-22(2)3;3-1(4)2(5)6/h5-11H,4,12H2,1-3H3;(H,3,4)(H,5,6). The maximum Gasteiger partial charge on any atom is 0.414 e. The number of aryl methyl sites for hydroxylation is 1. The molecule has 10 heteroatoms. The summed E-state index contributed by atoms with van der Waals surface area (Å²) in [4.78, 5) is 39.0. The summed E-state index contributed by atoms with van der Waals surface area (Å²) in [6, 6.07) is 9.16. The fourth-order valence-corrected chi connectivity index (χ4v) is 3.97. The topological polar surface area (TPSA) is 113 Å². The van der Waals surface area contributed by atoms with Crippen LogP contribution in [0.2, 0.25) is 5.02 Å². The Kier molecular flexibility index (Phi) is 8.49. The number of carbonyl (C=O) groups excluding carboxylic acids is 1. The lowest BCUT2D eigenvalue weighted by Crippen LogP contribution is -2.15. The van der Waals surface area contributed by atoms with Crippen LogP contribution in [0.25, 0.3) is 5.00 Å².